The number of hydrogen-bond donors (Lipinski definition) is 2. The topological polar surface area (TPSA) is 141 Å². The molecule has 0 aromatic carbocycles. The van der Waals surface area contributed by atoms with E-state index in [1.165, 1.54) is 14.1 Å². The molecule has 10 nitrogen and oxygen atoms in total. The number of aromatic hydroxyl groups is 1. The Morgan fingerprint density at radius 1 is 1.26 bits per heavy atom. The minimum Gasteiger partial charge on any atom is -0.493 e. The molecule has 0 aliphatic rings. The molecule has 10 heteroatoms. The first-order valence-electron chi connectivity index (χ1n) is 6.68. The molecule has 0 aliphatic heterocycles. The number of aromatic nitrogens is 4. The van der Waals surface area contributed by atoms with Crippen molar-refractivity contribution in [3.05, 3.63) is 32.1 Å². The maximum absolute atomic E-state index is 12.0. The Bertz CT molecular complexity index is 940. The van der Waals surface area contributed by atoms with E-state index < -0.39 is 22.8 Å². The first-order valence-corrected chi connectivity index (χ1v) is 6.68. The van der Waals surface area contributed by atoms with Gasteiger partial charge in [-0.15, -0.1) is 10.2 Å². The van der Waals surface area contributed by atoms with Crippen molar-refractivity contribution in [2.24, 2.45) is 24.3 Å². The van der Waals surface area contributed by atoms with E-state index in [-0.39, 0.29) is 17.3 Å². The summed E-state index contributed by atoms with van der Waals surface area (Å²) < 4.78 is 1.67. The van der Waals surface area contributed by atoms with Crippen LogP contribution in [0.3, 0.4) is 0 Å². The summed E-state index contributed by atoms with van der Waals surface area (Å²) in [6.07, 6.45) is 0. The molecular formula is C13H15N7O3. The molecule has 0 radical (unpaired) electrons. The summed E-state index contributed by atoms with van der Waals surface area (Å²) in [6.45, 7) is 3.74. The van der Waals surface area contributed by atoms with Crippen molar-refractivity contribution in [2.75, 3.05) is 0 Å². The molecule has 0 spiro atoms. The number of nitrogens with one attached hydrogen (secondary N) is 1. The van der Waals surface area contributed by atoms with Crippen molar-refractivity contribution in [3.63, 3.8) is 0 Å². The van der Waals surface area contributed by atoms with Crippen LogP contribution in [0.15, 0.2) is 19.8 Å². The Morgan fingerprint density at radius 3 is 2.48 bits per heavy atom. The molecule has 0 atom stereocenters. The zero-order valence-electron chi connectivity index (χ0n) is 13.0. The second kappa shape index (κ2) is 5.88. The number of azo groups is 1. The molecular weight excluding hydrogens is 302 g/mol. The normalized spacial score (nSPS) is 11.3. The summed E-state index contributed by atoms with van der Waals surface area (Å²) in [5, 5.41) is 33.1. The van der Waals surface area contributed by atoms with E-state index in [4.69, 9.17) is 0 Å². The summed E-state index contributed by atoms with van der Waals surface area (Å²) >= 11 is 0. The van der Waals surface area contributed by atoms with Gasteiger partial charge < -0.3 is 5.11 Å². The van der Waals surface area contributed by atoms with Gasteiger partial charge in [0.15, 0.2) is 5.82 Å². The maximum Gasteiger partial charge on any atom is 0.333 e. The molecule has 0 amide bonds. The molecule has 2 N–H and O–H groups in total. The van der Waals surface area contributed by atoms with Crippen LogP contribution in [-0.4, -0.2) is 24.4 Å². The molecule has 120 valence electrons. The van der Waals surface area contributed by atoms with Gasteiger partial charge in [-0.25, -0.2) is 4.79 Å². The van der Waals surface area contributed by atoms with E-state index in [2.05, 4.69) is 20.4 Å². The van der Waals surface area contributed by atoms with Crippen LogP contribution in [0.4, 0.5) is 11.5 Å². The third kappa shape index (κ3) is 2.64. The lowest BCUT2D eigenvalue weighted by Crippen LogP contribution is -2.36. The average molecular weight is 317 g/mol. The van der Waals surface area contributed by atoms with Gasteiger partial charge in [0, 0.05) is 14.1 Å². The second-order valence-electron chi connectivity index (χ2n) is 5.18. The van der Waals surface area contributed by atoms with Crippen molar-refractivity contribution in [1.29, 1.82) is 5.26 Å². The van der Waals surface area contributed by atoms with Crippen LogP contribution >= 0.6 is 0 Å². The molecule has 0 fully saturated rings. The molecule has 0 saturated carbocycles. The zero-order valence-corrected chi connectivity index (χ0v) is 13.0. The van der Waals surface area contributed by atoms with E-state index in [1.807, 2.05) is 19.9 Å². The molecule has 2 rings (SSSR count). The highest BCUT2D eigenvalue weighted by molar-refractivity contribution is 5.52. The van der Waals surface area contributed by atoms with Gasteiger partial charge >= 0.3 is 5.69 Å². The van der Waals surface area contributed by atoms with Crippen molar-refractivity contribution < 1.29 is 5.11 Å². The van der Waals surface area contributed by atoms with Crippen LogP contribution in [-0.2, 0) is 14.1 Å². The Labute approximate surface area is 130 Å². The van der Waals surface area contributed by atoms with Crippen molar-refractivity contribution in [2.45, 2.75) is 19.8 Å². The van der Waals surface area contributed by atoms with Crippen LogP contribution in [0.2, 0.25) is 0 Å². The Hall–Kier alpha value is -3.22. The summed E-state index contributed by atoms with van der Waals surface area (Å²) in [4.78, 5) is 23.6. The number of nitrogens with zero attached hydrogens (tertiary/aromatic N) is 6. The number of H-pyrrole nitrogens is 1. The SMILES string of the molecule is CC(C)c1n[nH]c(/N=N/c2c(O)n(C)c(=O)n(C)c2=O)c1C#N. The lowest BCUT2D eigenvalue weighted by atomic mass is 10.1. The minimum atomic E-state index is -0.795. The van der Waals surface area contributed by atoms with Gasteiger partial charge in [-0.2, -0.15) is 10.4 Å². The fourth-order valence-electron chi connectivity index (χ4n) is 1.95. The van der Waals surface area contributed by atoms with Crippen LogP contribution in [0.25, 0.3) is 0 Å². The molecule has 23 heavy (non-hydrogen) atoms. The monoisotopic (exact) mass is 317 g/mol. The molecule has 0 bridgehead atoms. The number of hydrogen-bond acceptors (Lipinski definition) is 7. The highest BCUT2D eigenvalue weighted by Crippen LogP contribution is 2.27. The molecule has 0 unspecified atom stereocenters. The first-order chi connectivity index (χ1) is 10.8. The Morgan fingerprint density at radius 2 is 1.91 bits per heavy atom. The zero-order chi connectivity index (χ0) is 17.3. The number of rotatable bonds is 3. The van der Waals surface area contributed by atoms with Crippen molar-refractivity contribution >= 4 is 11.5 Å². The second-order valence-corrected chi connectivity index (χ2v) is 5.18. The predicted octanol–water partition coefficient (Wildman–Crippen LogP) is 0.923. The number of nitriles is 1. The standard InChI is InChI=1S/C13H15N7O3/c1-6(2)8-7(5-14)10(17-15-8)18-16-9-11(21)19(3)13(23)20(4)12(9)22/h6,21H,1-4H3,(H,15,17)/b18-16+. The van der Waals surface area contributed by atoms with Gasteiger partial charge in [0.05, 0.1) is 5.69 Å². The van der Waals surface area contributed by atoms with Crippen LogP contribution < -0.4 is 11.2 Å². The summed E-state index contributed by atoms with van der Waals surface area (Å²) in [7, 11) is 2.56. The average Bonchev–Trinajstić information content (AvgIpc) is 2.94. The van der Waals surface area contributed by atoms with Crippen LogP contribution in [0.1, 0.15) is 31.0 Å². The lowest BCUT2D eigenvalue weighted by Gasteiger charge is -2.05. The van der Waals surface area contributed by atoms with Gasteiger partial charge in [0.1, 0.15) is 11.6 Å². The molecule has 2 heterocycles. The fraction of sp³-hybridized carbons (Fsp3) is 0.385. The highest BCUT2D eigenvalue weighted by Gasteiger charge is 2.17. The van der Waals surface area contributed by atoms with Gasteiger partial charge in [-0.05, 0) is 5.92 Å². The van der Waals surface area contributed by atoms with E-state index in [0.717, 1.165) is 9.13 Å². The minimum absolute atomic E-state index is 0.00340. The molecule has 2 aromatic rings. The third-order valence-corrected chi connectivity index (χ3v) is 3.29. The van der Waals surface area contributed by atoms with Gasteiger partial charge in [0.25, 0.3) is 5.56 Å². The molecule has 0 saturated heterocycles. The molecule has 0 aliphatic carbocycles. The fourth-order valence-corrected chi connectivity index (χ4v) is 1.95. The third-order valence-electron chi connectivity index (χ3n) is 3.29. The van der Waals surface area contributed by atoms with Gasteiger partial charge in [-0.3, -0.25) is 19.0 Å². The Balaban J connectivity index is 2.58. The Kier molecular flexibility index (Phi) is 4.13. The van der Waals surface area contributed by atoms with Gasteiger partial charge in [-0.1, -0.05) is 13.8 Å². The van der Waals surface area contributed by atoms with E-state index in [0.29, 0.717) is 5.69 Å². The quantitative estimate of drug-likeness (QED) is 0.809. The maximum atomic E-state index is 12.0. The van der Waals surface area contributed by atoms with E-state index >= 15 is 0 Å². The van der Waals surface area contributed by atoms with Crippen LogP contribution in [0, 0.1) is 11.3 Å². The van der Waals surface area contributed by atoms with Crippen LogP contribution in [0.5, 0.6) is 5.88 Å². The predicted molar refractivity (Wildman–Crippen MR) is 80.2 cm³/mol. The van der Waals surface area contributed by atoms with Gasteiger partial charge in [0.2, 0.25) is 11.6 Å². The molecule has 2 aromatic heterocycles. The highest BCUT2D eigenvalue weighted by atomic mass is 16.3. The number of aromatic amines is 1. The summed E-state index contributed by atoms with van der Waals surface area (Å²) in [5.74, 6) is -0.529. The largest absolute Gasteiger partial charge is 0.493 e. The summed E-state index contributed by atoms with van der Waals surface area (Å²) in [5.41, 5.74) is -1.15. The smallest absolute Gasteiger partial charge is 0.333 e. The van der Waals surface area contributed by atoms with Crippen molar-refractivity contribution in [3.8, 4) is 11.9 Å². The first kappa shape index (κ1) is 16.2. The van der Waals surface area contributed by atoms with Crippen molar-refractivity contribution in [1.82, 2.24) is 19.3 Å². The lowest BCUT2D eigenvalue weighted by molar-refractivity contribution is 0.413. The van der Waals surface area contributed by atoms with E-state index in [1.54, 1.807) is 0 Å². The van der Waals surface area contributed by atoms with E-state index in [9.17, 15) is 20.0 Å². The summed E-state index contributed by atoms with van der Waals surface area (Å²) in [6, 6.07) is 1.97.